The van der Waals surface area contributed by atoms with E-state index < -0.39 is 84.9 Å². The van der Waals surface area contributed by atoms with Crippen LogP contribution in [0.4, 0.5) is 0 Å². The van der Waals surface area contributed by atoms with Gasteiger partial charge < -0.3 is 42.9 Å². The van der Waals surface area contributed by atoms with Crippen LogP contribution in [-0.2, 0) is 33.6 Å². The number of aliphatic carboxylic acids is 2. The second kappa shape index (κ2) is 13.7. The number of carboxylic acid groups (broad SMARTS) is 2. The van der Waals surface area contributed by atoms with Crippen molar-refractivity contribution in [2.24, 2.45) is 11.5 Å². The van der Waals surface area contributed by atoms with Gasteiger partial charge in [-0.2, -0.15) is 0 Å². The van der Waals surface area contributed by atoms with Gasteiger partial charge >= 0.3 is 11.9 Å². The molecule has 34 heavy (non-hydrogen) atoms. The van der Waals surface area contributed by atoms with E-state index in [4.69, 9.17) is 16.6 Å². The average molecular weight is 486 g/mol. The highest BCUT2D eigenvalue weighted by Gasteiger charge is 2.32. The van der Waals surface area contributed by atoms with E-state index in [1.54, 1.807) is 0 Å². The van der Waals surface area contributed by atoms with E-state index in [0.717, 1.165) is 6.42 Å². The van der Waals surface area contributed by atoms with Crippen LogP contribution in [-0.4, -0.2) is 82.4 Å². The Morgan fingerprint density at radius 2 is 1.41 bits per heavy atom. The van der Waals surface area contributed by atoms with Crippen molar-refractivity contribution in [1.29, 1.82) is 0 Å². The summed E-state index contributed by atoms with van der Waals surface area (Å²) < 4.78 is 0. The Bertz CT molecular complexity index is 812. The molecule has 1 saturated heterocycles. The number of hydrogen-bond acceptors (Lipinski definition) is 8. The number of carboxylic acids is 2. The monoisotopic (exact) mass is 486 g/mol. The van der Waals surface area contributed by atoms with Crippen molar-refractivity contribution in [3.63, 3.8) is 0 Å². The molecular weight excluding hydrogens is 456 g/mol. The van der Waals surface area contributed by atoms with Gasteiger partial charge in [0.25, 0.3) is 0 Å². The Morgan fingerprint density at radius 1 is 0.824 bits per heavy atom. The maximum Gasteiger partial charge on any atom is 0.326 e. The largest absolute Gasteiger partial charge is 0.481 e. The molecule has 0 aromatic heterocycles. The Morgan fingerprint density at radius 3 is 1.91 bits per heavy atom. The Kier molecular flexibility index (Phi) is 11.4. The summed E-state index contributed by atoms with van der Waals surface area (Å²) in [6, 6.07) is -5.07. The van der Waals surface area contributed by atoms with Gasteiger partial charge in [-0.25, -0.2) is 4.79 Å². The summed E-state index contributed by atoms with van der Waals surface area (Å²) in [6.07, 6.45) is -0.984. The van der Waals surface area contributed by atoms with Crippen molar-refractivity contribution in [3.8, 4) is 0 Å². The molecule has 0 aromatic rings. The van der Waals surface area contributed by atoms with Gasteiger partial charge in [-0.05, 0) is 32.2 Å². The van der Waals surface area contributed by atoms with Crippen LogP contribution < -0.4 is 32.7 Å². The van der Waals surface area contributed by atoms with Gasteiger partial charge in [0.1, 0.15) is 18.1 Å². The lowest BCUT2D eigenvalue weighted by Gasteiger charge is -2.24. The molecule has 10 N–H and O–H groups in total. The van der Waals surface area contributed by atoms with E-state index in [0.29, 0.717) is 13.0 Å². The van der Waals surface area contributed by atoms with Crippen LogP contribution >= 0.6 is 0 Å². The van der Waals surface area contributed by atoms with Gasteiger partial charge in [-0.15, -0.1) is 0 Å². The van der Waals surface area contributed by atoms with Crippen molar-refractivity contribution in [3.05, 3.63) is 0 Å². The summed E-state index contributed by atoms with van der Waals surface area (Å²) in [4.78, 5) is 82.5. The lowest BCUT2D eigenvalue weighted by Crippen LogP contribution is -2.57. The predicted octanol–water partition coefficient (Wildman–Crippen LogP) is -3.72. The topological polar surface area (TPSA) is 260 Å². The molecule has 15 nitrogen and oxygen atoms in total. The van der Waals surface area contributed by atoms with Crippen LogP contribution in [0.5, 0.6) is 0 Å². The minimum absolute atomic E-state index is 0.329. The van der Waals surface area contributed by atoms with E-state index in [2.05, 4.69) is 21.3 Å². The molecule has 1 aliphatic rings. The van der Waals surface area contributed by atoms with Crippen LogP contribution in [0.2, 0.25) is 0 Å². The van der Waals surface area contributed by atoms with E-state index in [1.807, 2.05) is 0 Å². The fourth-order valence-corrected chi connectivity index (χ4v) is 3.22. The minimum Gasteiger partial charge on any atom is -0.481 e. The van der Waals surface area contributed by atoms with Crippen molar-refractivity contribution in [1.82, 2.24) is 21.3 Å². The zero-order valence-corrected chi connectivity index (χ0v) is 18.4. The van der Waals surface area contributed by atoms with Crippen LogP contribution in [0.3, 0.4) is 0 Å². The molecule has 1 rings (SSSR count). The molecule has 1 heterocycles. The van der Waals surface area contributed by atoms with Crippen molar-refractivity contribution < 1.29 is 43.8 Å². The van der Waals surface area contributed by atoms with E-state index in [9.17, 15) is 38.7 Å². The quantitative estimate of drug-likeness (QED) is 0.112. The van der Waals surface area contributed by atoms with Crippen molar-refractivity contribution in [2.45, 2.75) is 69.1 Å². The number of amides is 5. The normalized spacial score (nSPS) is 17.6. The third kappa shape index (κ3) is 10.2. The number of primary amides is 2. The fraction of sp³-hybridized carbons (Fsp3) is 0.632. The Hall–Kier alpha value is -3.75. The SMILES string of the molecule is NC(=O)CCC(NC(=O)C(CCC(=O)O)NC(=O)C(CC(N)=O)NC(=O)C1CCCN1)C(=O)O. The summed E-state index contributed by atoms with van der Waals surface area (Å²) in [7, 11) is 0. The summed E-state index contributed by atoms with van der Waals surface area (Å²) in [5.41, 5.74) is 10.2. The molecule has 4 unspecified atom stereocenters. The lowest BCUT2D eigenvalue weighted by molar-refractivity contribution is -0.143. The molecule has 0 bridgehead atoms. The second-order valence-electron chi connectivity index (χ2n) is 7.78. The summed E-state index contributed by atoms with van der Waals surface area (Å²) in [6.45, 7) is 0.600. The molecule has 0 radical (unpaired) electrons. The fourth-order valence-electron chi connectivity index (χ4n) is 3.22. The standard InChI is InChI=1S/C19H30N6O9/c20-13(26)5-3-11(19(33)34)24-17(31)10(4-6-15(28)29)23-18(32)12(8-14(21)27)25-16(30)9-2-1-7-22-9/h9-12,22H,1-8H2,(H2,20,26)(H2,21,27)(H,23,32)(H,24,31)(H,25,30)(H,28,29)(H,33,34). The maximum atomic E-state index is 12.8. The molecule has 190 valence electrons. The number of rotatable bonds is 15. The highest BCUT2D eigenvalue weighted by molar-refractivity contribution is 5.96. The van der Waals surface area contributed by atoms with Gasteiger partial charge in [0.05, 0.1) is 12.5 Å². The highest BCUT2D eigenvalue weighted by Crippen LogP contribution is 2.07. The minimum atomic E-state index is -1.53. The van der Waals surface area contributed by atoms with Crippen molar-refractivity contribution in [2.75, 3.05) is 6.54 Å². The summed E-state index contributed by atoms with van der Waals surface area (Å²) >= 11 is 0. The number of hydrogen-bond donors (Lipinski definition) is 8. The van der Waals surface area contributed by atoms with E-state index in [1.165, 1.54) is 0 Å². The number of carbonyl (C=O) groups is 7. The maximum absolute atomic E-state index is 12.8. The molecular formula is C19H30N6O9. The first kappa shape index (κ1) is 28.3. The van der Waals surface area contributed by atoms with Crippen LogP contribution in [0.1, 0.15) is 44.9 Å². The van der Waals surface area contributed by atoms with Gasteiger partial charge in [0, 0.05) is 12.8 Å². The van der Waals surface area contributed by atoms with Crippen LogP contribution in [0.15, 0.2) is 0 Å². The molecule has 0 aliphatic carbocycles. The van der Waals surface area contributed by atoms with E-state index >= 15 is 0 Å². The van der Waals surface area contributed by atoms with Crippen LogP contribution in [0.25, 0.3) is 0 Å². The first-order valence-corrected chi connectivity index (χ1v) is 10.6. The molecule has 0 aromatic carbocycles. The van der Waals surface area contributed by atoms with Crippen LogP contribution in [0, 0.1) is 0 Å². The number of nitrogens with one attached hydrogen (secondary N) is 4. The van der Waals surface area contributed by atoms with Gasteiger partial charge in [0.15, 0.2) is 0 Å². The number of nitrogens with two attached hydrogens (primary N) is 2. The average Bonchev–Trinajstić information content (AvgIpc) is 3.27. The molecule has 1 fully saturated rings. The third-order valence-electron chi connectivity index (χ3n) is 4.99. The summed E-state index contributed by atoms with van der Waals surface area (Å²) in [5, 5.41) is 27.9. The third-order valence-corrected chi connectivity index (χ3v) is 4.99. The molecule has 0 saturated carbocycles. The second-order valence-corrected chi connectivity index (χ2v) is 7.78. The van der Waals surface area contributed by atoms with Gasteiger partial charge in [0.2, 0.25) is 29.5 Å². The Labute approximate surface area is 194 Å². The lowest BCUT2D eigenvalue weighted by atomic mass is 10.1. The zero-order valence-electron chi connectivity index (χ0n) is 18.4. The number of carbonyl (C=O) groups excluding carboxylic acids is 5. The van der Waals surface area contributed by atoms with Crippen molar-refractivity contribution >= 4 is 41.5 Å². The first-order valence-electron chi connectivity index (χ1n) is 10.6. The summed E-state index contributed by atoms with van der Waals surface area (Å²) in [5.74, 6) is -7.04. The zero-order chi connectivity index (χ0) is 25.8. The molecule has 0 spiro atoms. The molecule has 5 amide bonds. The predicted molar refractivity (Wildman–Crippen MR) is 114 cm³/mol. The Balaban J connectivity index is 2.95. The smallest absolute Gasteiger partial charge is 0.326 e. The van der Waals surface area contributed by atoms with E-state index in [-0.39, 0.29) is 12.8 Å². The van der Waals surface area contributed by atoms with Gasteiger partial charge in [-0.3, -0.25) is 28.8 Å². The molecule has 4 atom stereocenters. The first-order chi connectivity index (χ1) is 15.9. The van der Waals surface area contributed by atoms with Gasteiger partial charge in [-0.1, -0.05) is 0 Å². The highest BCUT2D eigenvalue weighted by atomic mass is 16.4. The molecule has 1 aliphatic heterocycles. The molecule has 15 heteroatoms.